The number of ether oxygens (including phenoxy) is 1. The summed E-state index contributed by atoms with van der Waals surface area (Å²) in [5.74, 6) is 1.46. The maximum Gasteiger partial charge on any atom is 0.263 e. The molecule has 0 aliphatic rings. The molecule has 0 saturated heterocycles. The van der Waals surface area contributed by atoms with Gasteiger partial charge in [-0.3, -0.25) is 4.79 Å². The maximum absolute atomic E-state index is 12.6. The minimum absolute atomic E-state index is 0.154. The quantitative estimate of drug-likeness (QED) is 0.658. The van der Waals surface area contributed by atoms with Gasteiger partial charge < -0.3 is 14.2 Å². The fourth-order valence-electron chi connectivity index (χ4n) is 2.46. The molecule has 7 heteroatoms. The Labute approximate surface area is 156 Å². The topological polar surface area (TPSA) is 68.5 Å². The second-order valence-electron chi connectivity index (χ2n) is 6.19. The van der Waals surface area contributed by atoms with Crippen LogP contribution in [0.15, 0.2) is 40.2 Å². The molecule has 0 aliphatic carbocycles. The number of likely N-dealkylation sites (N-methyl/N-ethyl adjacent to an activating group) is 1. The van der Waals surface area contributed by atoms with E-state index in [9.17, 15) is 4.79 Å². The highest BCUT2D eigenvalue weighted by Crippen LogP contribution is 2.22. The third-order valence-corrected chi connectivity index (χ3v) is 4.96. The molecule has 1 atom stereocenters. The van der Waals surface area contributed by atoms with Crippen molar-refractivity contribution in [3.05, 3.63) is 52.7 Å². The highest BCUT2D eigenvalue weighted by molar-refractivity contribution is 7.13. The van der Waals surface area contributed by atoms with Crippen molar-refractivity contribution in [3.8, 4) is 16.5 Å². The molecule has 0 radical (unpaired) electrons. The van der Waals surface area contributed by atoms with Gasteiger partial charge in [-0.2, -0.15) is 4.98 Å². The van der Waals surface area contributed by atoms with Gasteiger partial charge in [0, 0.05) is 7.05 Å². The van der Waals surface area contributed by atoms with E-state index in [0.29, 0.717) is 17.5 Å². The predicted octanol–water partition coefficient (Wildman–Crippen LogP) is 3.84. The van der Waals surface area contributed by atoms with Crippen molar-refractivity contribution in [1.82, 2.24) is 15.0 Å². The van der Waals surface area contributed by atoms with E-state index in [1.54, 1.807) is 14.0 Å². The fourth-order valence-corrected chi connectivity index (χ4v) is 3.11. The molecule has 2 heterocycles. The molecule has 0 fully saturated rings. The van der Waals surface area contributed by atoms with Crippen LogP contribution in [-0.4, -0.2) is 34.1 Å². The molecule has 0 saturated carbocycles. The Hall–Kier alpha value is -2.67. The van der Waals surface area contributed by atoms with E-state index < -0.39 is 6.10 Å². The Morgan fingerprint density at radius 2 is 2.12 bits per heavy atom. The summed E-state index contributed by atoms with van der Waals surface area (Å²) in [6, 6.07) is 9.64. The van der Waals surface area contributed by atoms with Gasteiger partial charge >= 0.3 is 0 Å². The average Bonchev–Trinajstić information content (AvgIpc) is 3.28. The monoisotopic (exact) mass is 371 g/mol. The van der Waals surface area contributed by atoms with Gasteiger partial charge in [0.15, 0.2) is 6.10 Å². The molecule has 0 spiro atoms. The molecule has 3 aromatic rings. The van der Waals surface area contributed by atoms with Crippen molar-refractivity contribution < 1.29 is 14.1 Å². The van der Waals surface area contributed by atoms with Crippen LogP contribution < -0.4 is 4.74 Å². The number of hydrogen-bond donors (Lipinski definition) is 0. The summed E-state index contributed by atoms with van der Waals surface area (Å²) in [6.45, 7) is 6.02. The number of hydrogen-bond acceptors (Lipinski definition) is 6. The Bertz CT molecular complexity index is 889. The van der Waals surface area contributed by atoms with Gasteiger partial charge in [-0.1, -0.05) is 17.3 Å². The van der Waals surface area contributed by atoms with Crippen LogP contribution in [0.4, 0.5) is 0 Å². The first-order chi connectivity index (χ1) is 12.4. The lowest BCUT2D eigenvalue weighted by Gasteiger charge is -2.21. The Morgan fingerprint density at radius 1 is 1.31 bits per heavy atom. The highest BCUT2D eigenvalue weighted by atomic mass is 32.1. The van der Waals surface area contributed by atoms with Crippen LogP contribution in [0.5, 0.6) is 5.75 Å². The number of amides is 1. The van der Waals surface area contributed by atoms with E-state index in [-0.39, 0.29) is 12.5 Å². The lowest BCUT2D eigenvalue weighted by Crippen LogP contribution is -2.37. The number of aryl methyl sites for hydroxylation is 2. The number of thiophene rings is 1. The maximum atomic E-state index is 12.6. The van der Waals surface area contributed by atoms with Crippen LogP contribution in [0.2, 0.25) is 0 Å². The van der Waals surface area contributed by atoms with Gasteiger partial charge in [0.25, 0.3) is 5.91 Å². The molecule has 6 nitrogen and oxygen atoms in total. The second kappa shape index (κ2) is 7.70. The molecule has 136 valence electrons. The molecule has 0 unspecified atom stereocenters. The molecular weight excluding hydrogens is 350 g/mol. The molecule has 0 N–H and O–H groups in total. The molecule has 0 aliphatic heterocycles. The second-order valence-corrected chi connectivity index (χ2v) is 7.14. The fraction of sp³-hybridized carbons (Fsp3) is 0.316. The van der Waals surface area contributed by atoms with Crippen molar-refractivity contribution in [2.75, 3.05) is 7.05 Å². The Morgan fingerprint density at radius 3 is 2.81 bits per heavy atom. The number of carbonyl (C=O) groups excluding carboxylic acids is 1. The van der Waals surface area contributed by atoms with Crippen LogP contribution >= 0.6 is 11.3 Å². The number of benzene rings is 1. The summed E-state index contributed by atoms with van der Waals surface area (Å²) in [5.41, 5.74) is 2.31. The van der Waals surface area contributed by atoms with Crippen molar-refractivity contribution in [1.29, 1.82) is 0 Å². The zero-order valence-corrected chi connectivity index (χ0v) is 16.0. The normalized spacial score (nSPS) is 12.0. The molecule has 1 aromatic carbocycles. The number of nitrogens with zero attached hydrogens (tertiary/aromatic N) is 3. The third-order valence-electron chi connectivity index (χ3n) is 4.10. The summed E-state index contributed by atoms with van der Waals surface area (Å²) >= 11 is 1.54. The smallest absolute Gasteiger partial charge is 0.263 e. The van der Waals surface area contributed by atoms with Gasteiger partial charge in [-0.05, 0) is 55.5 Å². The molecule has 1 amide bonds. The molecular formula is C19H21N3O3S. The Balaban J connectivity index is 1.61. The van der Waals surface area contributed by atoms with E-state index in [0.717, 1.165) is 10.4 Å². The van der Waals surface area contributed by atoms with E-state index in [1.165, 1.54) is 21.8 Å². The van der Waals surface area contributed by atoms with Crippen molar-refractivity contribution in [2.24, 2.45) is 0 Å². The molecule has 3 rings (SSSR count). The minimum Gasteiger partial charge on any atom is -0.481 e. The first-order valence-electron chi connectivity index (χ1n) is 8.29. The predicted molar refractivity (Wildman–Crippen MR) is 100 cm³/mol. The van der Waals surface area contributed by atoms with Gasteiger partial charge in [0.1, 0.15) is 5.75 Å². The van der Waals surface area contributed by atoms with Crippen LogP contribution in [-0.2, 0) is 11.3 Å². The zero-order valence-electron chi connectivity index (χ0n) is 15.2. The van der Waals surface area contributed by atoms with Crippen LogP contribution in [0.1, 0.15) is 23.9 Å². The molecule has 26 heavy (non-hydrogen) atoms. The standard InChI is InChI=1S/C19H21N3O3S/c1-12-7-8-15(10-13(12)2)24-14(3)19(23)22(4)11-17-20-18(21-25-17)16-6-5-9-26-16/h5-10,14H,11H2,1-4H3/t14-/m0/s1. The molecule has 2 aromatic heterocycles. The number of aromatic nitrogens is 2. The van der Waals surface area contributed by atoms with E-state index in [4.69, 9.17) is 9.26 Å². The first kappa shape index (κ1) is 18.1. The summed E-state index contributed by atoms with van der Waals surface area (Å²) in [6.07, 6.45) is -0.609. The SMILES string of the molecule is Cc1ccc(O[C@@H](C)C(=O)N(C)Cc2nc(-c3cccs3)no2)cc1C. The van der Waals surface area contributed by atoms with Crippen molar-refractivity contribution >= 4 is 17.2 Å². The molecule has 0 bridgehead atoms. The lowest BCUT2D eigenvalue weighted by molar-refractivity contribution is -0.137. The van der Waals surface area contributed by atoms with Crippen LogP contribution in [0.25, 0.3) is 10.7 Å². The summed E-state index contributed by atoms with van der Waals surface area (Å²) in [7, 11) is 1.69. The van der Waals surface area contributed by atoms with E-state index in [1.807, 2.05) is 49.6 Å². The van der Waals surface area contributed by atoms with Gasteiger partial charge in [-0.25, -0.2) is 0 Å². The lowest BCUT2D eigenvalue weighted by atomic mass is 10.1. The van der Waals surface area contributed by atoms with Crippen LogP contribution in [0, 0.1) is 13.8 Å². The number of carbonyl (C=O) groups is 1. The van der Waals surface area contributed by atoms with Crippen LogP contribution in [0.3, 0.4) is 0 Å². The van der Waals surface area contributed by atoms with Crippen molar-refractivity contribution in [3.63, 3.8) is 0 Å². The minimum atomic E-state index is -0.609. The van der Waals surface area contributed by atoms with Crippen molar-refractivity contribution in [2.45, 2.75) is 33.4 Å². The van der Waals surface area contributed by atoms with E-state index in [2.05, 4.69) is 10.1 Å². The average molecular weight is 371 g/mol. The van der Waals surface area contributed by atoms with Gasteiger partial charge in [-0.15, -0.1) is 11.3 Å². The van der Waals surface area contributed by atoms with Gasteiger partial charge in [0.2, 0.25) is 11.7 Å². The zero-order chi connectivity index (χ0) is 18.7. The third kappa shape index (κ3) is 4.11. The summed E-state index contributed by atoms with van der Waals surface area (Å²) < 4.78 is 11.0. The number of rotatable bonds is 6. The summed E-state index contributed by atoms with van der Waals surface area (Å²) in [4.78, 5) is 19.3. The highest BCUT2D eigenvalue weighted by Gasteiger charge is 2.21. The summed E-state index contributed by atoms with van der Waals surface area (Å²) in [5, 5.41) is 5.91. The van der Waals surface area contributed by atoms with E-state index >= 15 is 0 Å². The first-order valence-corrected chi connectivity index (χ1v) is 9.17. The largest absolute Gasteiger partial charge is 0.481 e. The van der Waals surface area contributed by atoms with Gasteiger partial charge in [0.05, 0.1) is 11.4 Å². The Kier molecular flexibility index (Phi) is 5.37.